The van der Waals surface area contributed by atoms with Gasteiger partial charge in [-0.3, -0.25) is 9.59 Å². The Kier molecular flexibility index (Phi) is 7.29. The maximum absolute atomic E-state index is 13.2. The summed E-state index contributed by atoms with van der Waals surface area (Å²) in [7, 11) is 7.05. The number of ketones is 1. The zero-order chi connectivity index (χ0) is 25.8. The van der Waals surface area contributed by atoms with Crippen LogP contribution in [-0.4, -0.2) is 56.6 Å². The Hall–Kier alpha value is -4.26. The smallest absolute Gasteiger partial charge is 0.295 e. The number of likely N-dealkylation sites (tertiary alicyclic amines) is 1. The summed E-state index contributed by atoms with van der Waals surface area (Å²) >= 11 is 0. The molecular weight excluding hydrogens is 456 g/mol. The number of methoxy groups -OCH3 is 2. The van der Waals surface area contributed by atoms with Crippen molar-refractivity contribution in [3.8, 4) is 11.5 Å². The van der Waals surface area contributed by atoms with Crippen LogP contribution in [0, 0.1) is 0 Å². The Morgan fingerprint density at radius 2 is 1.42 bits per heavy atom. The van der Waals surface area contributed by atoms with Gasteiger partial charge in [0.05, 0.1) is 25.8 Å². The number of hydrogen-bond acceptors (Lipinski definition) is 6. The lowest BCUT2D eigenvalue weighted by Crippen LogP contribution is -2.31. The van der Waals surface area contributed by atoms with Crippen molar-refractivity contribution >= 4 is 23.1 Å². The minimum absolute atomic E-state index is 0.0810. The molecule has 1 aliphatic rings. The average Bonchev–Trinajstić information content (AvgIpc) is 3.16. The molecule has 0 bridgehead atoms. The summed E-state index contributed by atoms with van der Waals surface area (Å²) < 4.78 is 10.4. The van der Waals surface area contributed by atoms with Crippen LogP contribution in [0.1, 0.15) is 22.7 Å². The zero-order valence-corrected chi connectivity index (χ0v) is 20.9. The number of ether oxygens (including phenoxy) is 2. The fourth-order valence-corrected chi connectivity index (χ4v) is 4.36. The van der Waals surface area contributed by atoms with Gasteiger partial charge in [0, 0.05) is 31.9 Å². The van der Waals surface area contributed by atoms with E-state index in [0.717, 1.165) is 22.6 Å². The minimum atomic E-state index is -0.707. The molecule has 3 aromatic carbocycles. The molecule has 7 nitrogen and oxygen atoms in total. The number of rotatable bonds is 8. The van der Waals surface area contributed by atoms with Crippen LogP contribution >= 0.6 is 0 Å². The summed E-state index contributed by atoms with van der Waals surface area (Å²) in [5.74, 6) is -0.147. The molecule has 36 heavy (non-hydrogen) atoms. The molecule has 3 aromatic rings. The van der Waals surface area contributed by atoms with Gasteiger partial charge in [-0.05, 0) is 66.1 Å². The molecule has 7 heteroatoms. The van der Waals surface area contributed by atoms with E-state index in [1.807, 2.05) is 67.5 Å². The van der Waals surface area contributed by atoms with Crippen molar-refractivity contribution in [2.24, 2.45) is 0 Å². The number of amides is 1. The molecule has 186 valence electrons. The predicted molar refractivity (Wildman–Crippen MR) is 139 cm³/mol. The SMILES string of the molecule is COc1ccc(CCN2C(=O)C(=O)/C(=C(\O)c3ccc(OC)cc3)C2c2ccc(N(C)C)cc2)cc1. The molecule has 1 unspecified atom stereocenters. The number of hydrogen-bond donors (Lipinski definition) is 1. The molecule has 1 amide bonds. The van der Waals surface area contributed by atoms with E-state index in [4.69, 9.17) is 9.47 Å². The van der Waals surface area contributed by atoms with Crippen molar-refractivity contribution in [3.05, 3.63) is 95.1 Å². The van der Waals surface area contributed by atoms with E-state index < -0.39 is 17.7 Å². The maximum atomic E-state index is 13.2. The number of benzene rings is 3. The van der Waals surface area contributed by atoms with Crippen LogP contribution in [0.15, 0.2) is 78.4 Å². The van der Waals surface area contributed by atoms with E-state index in [9.17, 15) is 14.7 Å². The van der Waals surface area contributed by atoms with E-state index in [0.29, 0.717) is 24.3 Å². The van der Waals surface area contributed by atoms with Crippen LogP contribution in [0.4, 0.5) is 5.69 Å². The van der Waals surface area contributed by atoms with Gasteiger partial charge in [0.1, 0.15) is 17.3 Å². The number of carbonyl (C=O) groups is 2. The third kappa shape index (κ3) is 4.91. The van der Waals surface area contributed by atoms with Crippen molar-refractivity contribution in [2.75, 3.05) is 39.8 Å². The standard InChI is InChI=1S/C29H30N2O5/c1-30(2)22-11-7-20(8-12-22)26-25(27(32)21-9-15-24(36-4)16-10-21)28(33)29(34)31(26)18-17-19-5-13-23(35-3)14-6-19/h5-16,26,32H,17-18H2,1-4H3/b27-25-. The molecule has 4 rings (SSSR count). The number of aliphatic hydroxyl groups is 1. The molecule has 1 N–H and O–H groups in total. The summed E-state index contributed by atoms with van der Waals surface area (Å²) in [5, 5.41) is 11.2. The van der Waals surface area contributed by atoms with E-state index in [1.165, 1.54) is 0 Å². The molecule has 1 atom stereocenters. The normalized spacial score (nSPS) is 16.8. The highest BCUT2D eigenvalue weighted by Crippen LogP contribution is 2.40. The van der Waals surface area contributed by atoms with Gasteiger partial charge in [0.2, 0.25) is 0 Å². The van der Waals surface area contributed by atoms with Gasteiger partial charge in [-0.1, -0.05) is 24.3 Å². The lowest BCUT2D eigenvalue weighted by molar-refractivity contribution is -0.139. The molecule has 1 heterocycles. The molecule has 0 radical (unpaired) electrons. The van der Waals surface area contributed by atoms with Crippen LogP contribution in [0.5, 0.6) is 11.5 Å². The van der Waals surface area contributed by atoms with Crippen LogP contribution in [-0.2, 0) is 16.0 Å². The van der Waals surface area contributed by atoms with Gasteiger partial charge in [-0.25, -0.2) is 0 Å². The molecule has 0 aromatic heterocycles. The maximum Gasteiger partial charge on any atom is 0.295 e. The number of carbonyl (C=O) groups excluding carboxylic acids is 2. The van der Waals surface area contributed by atoms with Gasteiger partial charge < -0.3 is 24.4 Å². The zero-order valence-electron chi connectivity index (χ0n) is 20.9. The Bertz CT molecular complexity index is 1260. The lowest BCUT2D eigenvalue weighted by Gasteiger charge is -2.26. The molecular formula is C29H30N2O5. The van der Waals surface area contributed by atoms with Crippen LogP contribution in [0.2, 0.25) is 0 Å². The number of aliphatic hydroxyl groups excluding tert-OH is 1. The largest absolute Gasteiger partial charge is 0.507 e. The van der Waals surface area contributed by atoms with Gasteiger partial charge in [0.15, 0.2) is 0 Å². The van der Waals surface area contributed by atoms with Crippen molar-refractivity contribution in [2.45, 2.75) is 12.5 Å². The summed E-state index contributed by atoms with van der Waals surface area (Å²) in [4.78, 5) is 30.0. The third-order valence-corrected chi connectivity index (χ3v) is 6.43. The lowest BCUT2D eigenvalue weighted by atomic mass is 9.95. The first-order valence-electron chi connectivity index (χ1n) is 11.7. The molecule has 1 fully saturated rings. The van der Waals surface area contributed by atoms with Gasteiger partial charge in [0.25, 0.3) is 11.7 Å². The number of nitrogens with zero attached hydrogens (tertiary/aromatic N) is 2. The first kappa shape index (κ1) is 24.9. The molecule has 1 aliphatic heterocycles. The first-order valence-corrected chi connectivity index (χ1v) is 11.7. The fraction of sp³-hybridized carbons (Fsp3) is 0.241. The van der Waals surface area contributed by atoms with Crippen molar-refractivity contribution in [1.29, 1.82) is 0 Å². The summed E-state index contributed by atoms with van der Waals surface area (Å²) in [6.07, 6.45) is 0.547. The third-order valence-electron chi connectivity index (χ3n) is 6.43. The predicted octanol–water partition coefficient (Wildman–Crippen LogP) is 4.43. The highest BCUT2D eigenvalue weighted by Gasteiger charge is 2.45. The Labute approximate surface area is 211 Å². The number of Topliss-reactive ketones (excluding diaryl/α,β-unsaturated/α-hetero) is 1. The van der Waals surface area contributed by atoms with Crippen molar-refractivity contribution < 1.29 is 24.2 Å². The fourth-order valence-electron chi connectivity index (χ4n) is 4.36. The summed E-state index contributed by atoms with van der Waals surface area (Å²) in [6.45, 7) is 0.316. The molecule has 0 saturated carbocycles. The summed E-state index contributed by atoms with van der Waals surface area (Å²) in [5.41, 5.74) is 3.28. The van der Waals surface area contributed by atoms with E-state index in [1.54, 1.807) is 43.4 Å². The van der Waals surface area contributed by atoms with Gasteiger partial charge >= 0.3 is 0 Å². The Balaban J connectivity index is 1.74. The van der Waals surface area contributed by atoms with E-state index in [-0.39, 0.29) is 11.3 Å². The Morgan fingerprint density at radius 3 is 1.94 bits per heavy atom. The highest BCUT2D eigenvalue weighted by molar-refractivity contribution is 6.46. The van der Waals surface area contributed by atoms with Crippen molar-refractivity contribution in [1.82, 2.24) is 4.90 Å². The van der Waals surface area contributed by atoms with Crippen LogP contribution < -0.4 is 14.4 Å². The summed E-state index contributed by atoms with van der Waals surface area (Å²) in [6, 6.07) is 21.3. The second-order valence-electron chi connectivity index (χ2n) is 8.81. The second kappa shape index (κ2) is 10.6. The number of anilines is 1. The second-order valence-corrected chi connectivity index (χ2v) is 8.81. The minimum Gasteiger partial charge on any atom is -0.507 e. The monoisotopic (exact) mass is 486 g/mol. The van der Waals surface area contributed by atoms with E-state index in [2.05, 4.69) is 0 Å². The Morgan fingerprint density at radius 1 is 0.861 bits per heavy atom. The van der Waals surface area contributed by atoms with E-state index >= 15 is 0 Å². The molecule has 1 saturated heterocycles. The first-order chi connectivity index (χ1) is 17.3. The molecule has 0 spiro atoms. The van der Waals surface area contributed by atoms with Crippen LogP contribution in [0.25, 0.3) is 5.76 Å². The highest BCUT2D eigenvalue weighted by atomic mass is 16.5. The molecule has 0 aliphatic carbocycles. The van der Waals surface area contributed by atoms with Gasteiger partial charge in [-0.2, -0.15) is 0 Å². The van der Waals surface area contributed by atoms with Crippen LogP contribution in [0.3, 0.4) is 0 Å². The van der Waals surface area contributed by atoms with Gasteiger partial charge in [-0.15, -0.1) is 0 Å². The average molecular weight is 487 g/mol. The topological polar surface area (TPSA) is 79.3 Å². The quantitative estimate of drug-likeness (QED) is 0.288. The van der Waals surface area contributed by atoms with Crippen molar-refractivity contribution in [3.63, 3.8) is 0 Å².